The van der Waals surface area contributed by atoms with Gasteiger partial charge in [-0.25, -0.2) is 9.97 Å². The summed E-state index contributed by atoms with van der Waals surface area (Å²) in [5.74, 6) is 0.511. The molecule has 0 atom stereocenters. The summed E-state index contributed by atoms with van der Waals surface area (Å²) >= 11 is 5.83. The molecule has 0 saturated heterocycles. The van der Waals surface area contributed by atoms with Crippen LogP contribution in [0.25, 0.3) is 55.5 Å². The number of fused-ring (bicyclic) bond motifs is 4. The highest BCUT2D eigenvalue weighted by atomic mass is 35.5. The van der Waals surface area contributed by atoms with E-state index in [0.29, 0.717) is 41.4 Å². The summed E-state index contributed by atoms with van der Waals surface area (Å²) in [6, 6.07) is 19.6. The summed E-state index contributed by atoms with van der Waals surface area (Å²) in [5, 5.41) is 30.0. The number of rotatable bonds is 6. The van der Waals surface area contributed by atoms with Gasteiger partial charge in [-0.3, -0.25) is 19.3 Å². The molecule has 272 valence electrons. The topological polar surface area (TPSA) is 212 Å². The Kier molecular flexibility index (Phi) is 9.70. The minimum absolute atomic E-state index is 0.170. The number of hydrogen-bond acceptors (Lipinski definition) is 14. The first-order chi connectivity index (χ1) is 26.9. The molecule has 0 aliphatic heterocycles. The van der Waals surface area contributed by atoms with Gasteiger partial charge in [-0.1, -0.05) is 22.6 Å². The van der Waals surface area contributed by atoms with Crippen LogP contribution in [-0.4, -0.2) is 79.5 Å². The molecule has 0 spiro atoms. The molecule has 8 aromatic heterocycles. The highest BCUT2D eigenvalue weighted by Crippen LogP contribution is 2.21. The van der Waals surface area contributed by atoms with E-state index >= 15 is 0 Å². The third-order valence-electron chi connectivity index (χ3n) is 8.22. The number of aryl methyl sites for hydroxylation is 2. The average molecular weight is 751 g/mol. The lowest BCUT2D eigenvalue weighted by Gasteiger charge is -2.05. The van der Waals surface area contributed by atoms with E-state index in [2.05, 4.69) is 66.0 Å². The Morgan fingerprint density at radius 1 is 0.636 bits per heavy atom. The first-order valence-electron chi connectivity index (χ1n) is 16.8. The zero-order chi connectivity index (χ0) is 37.7. The van der Waals surface area contributed by atoms with Crippen LogP contribution in [0.3, 0.4) is 0 Å². The van der Waals surface area contributed by atoms with Crippen LogP contribution in [0.2, 0.25) is 5.28 Å². The normalized spacial score (nSPS) is 11.1. The van der Waals surface area contributed by atoms with Crippen molar-refractivity contribution in [2.75, 3.05) is 5.32 Å². The molecule has 10 rings (SSSR count). The Hall–Kier alpha value is -7.31. The molecule has 0 amide bonds. The third kappa shape index (κ3) is 7.75. The Balaban J connectivity index is 0.000000133. The summed E-state index contributed by atoms with van der Waals surface area (Å²) in [5.41, 5.74) is 13.5. The van der Waals surface area contributed by atoms with Gasteiger partial charge in [0.25, 0.3) is 0 Å². The fourth-order valence-electron chi connectivity index (χ4n) is 5.58. The van der Waals surface area contributed by atoms with Gasteiger partial charge in [0.05, 0.1) is 47.2 Å². The largest absolute Gasteiger partial charge is 0.350 e. The molecule has 0 aliphatic carbocycles. The van der Waals surface area contributed by atoms with Crippen LogP contribution >= 0.6 is 11.6 Å². The van der Waals surface area contributed by atoms with Gasteiger partial charge >= 0.3 is 0 Å². The molecule has 18 nitrogen and oxygen atoms in total. The van der Waals surface area contributed by atoms with Gasteiger partial charge in [-0.15, -0.1) is 10.2 Å². The van der Waals surface area contributed by atoms with E-state index in [0.717, 1.165) is 44.3 Å². The summed E-state index contributed by atoms with van der Waals surface area (Å²) in [6.07, 6.45) is 14.2. The predicted octanol–water partition coefficient (Wildman–Crippen LogP) is 4.40. The second-order valence-electron chi connectivity index (χ2n) is 12.1. The van der Waals surface area contributed by atoms with Gasteiger partial charge in [0, 0.05) is 73.9 Å². The van der Waals surface area contributed by atoms with Crippen LogP contribution in [0.4, 0.5) is 5.95 Å². The Morgan fingerprint density at radius 3 is 1.75 bits per heavy atom. The zero-order valence-corrected chi connectivity index (χ0v) is 30.2. The maximum absolute atomic E-state index is 5.83. The molecule has 19 heteroatoms. The molecule has 0 bridgehead atoms. The fraction of sp³-hybridized carbons (Fsp3) is 0.111. The fourth-order valence-corrected chi connectivity index (χ4v) is 5.71. The van der Waals surface area contributed by atoms with Crippen LogP contribution < -0.4 is 11.1 Å². The van der Waals surface area contributed by atoms with Crippen LogP contribution in [-0.2, 0) is 27.2 Å². The van der Waals surface area contributed by atoms with Crippen molar-refractivity contribution >= 4 is 61.7 Å². The molecule has 0 saturated carbocycles. The predicted molar refractivity (Wildman–Crippen MR) is 206 cm³/mol. The highest BCUT2D eigenvalue weighted by Gasteiger charge is 2.12. The second-order valence-corrected chi connectivity index (χ2v) is 12.5. The van der Waals surface area contributed by atoms with E-state index in [9.17, 15) is 0 Å². The number of anilines is 1. The molecule has 0 unspecified atom stereocenters. The van der Waals surface area contributed by atoms with Gasteiger partial charge in [0.2, 0.25) is 11.2 Å². The average Bonchev–Trinajstić information content (AvgIpc) is 4.04. The Bertz CT molecular complexity index is 2890. The lowest BCUT2D eigenvalue weighted by atomic mass is 10.2. The summed E-state index contributed by atoms with van der Waals surface area (Å²) < 4.78 is 6.84. The van der Waals surface area contributed by atoms with E-state index < -0.39 is 0 Å². The van der Waals surface area contributed by atoms with Crippen molar-refractivity contribution in [2.24, 2.45) is 19.8 Å². The van der Waals surface area contributed by atoms with Crippen molar-refractivity contribution in [1.29, 1.82) is 0 Å². The van der Waals surface area contributed by atoms with Crippen LogP contribution in [0.15, 0.2) is 110 Å². The van der Waals surface area contributed by atoms with Gasteiger partial charge in [-0.05, 0) is 60.1 Å². The van der Waals surface area contributed by atoms with E-state index in [1.54, 1.807) is 55.9 Å². The highest BCUT2D eigenvalue weighted by molar-refractivity contribution is 6.28. The number of nitrogens with one attached hydrogen (secondary N) is 1. The second kappa shape index (κ2) is 15.3. The van der Waals surface area contributed by atoms with Gasteiger partial charge in [0.15, 0.2) is 22.3 Å². The molecule has 55 heavy (non-hydrogen) atoms. The standard InChI is InChI=1S/C18H15N9.C13H7ClN6.C5H9N3/c1-26-11-12(9-22-26)8-20-18-21-10-16-17(23-18)27(25-24-16)14-4-5-15-13(7-14)3-2-6-19-15;14-13-16-7-11-12(17-13)20(19-18-11)9-3-4-10-8(6-9)2-1-5-15-10;1-8-4-5(2-6)3-7-8/h2-7,9-11H,8H2,1H3,(H,20,21,23);1-7H;3-4H,2,6H2,1H3. The maximum Gasteiger partial charge on any atom is 0.225 e. The van der Waals surface area contributed by atoms with Crippen molar-refractivity contribution < 1.29 is 0 Å². The number of hydrogen-bond donors (Lipinski definition) is 2. The lowest BCUT2D eigenvalue weighted by molar-refractivity contribution is 0.767. The van der Waals surface area contributed by atoms with Gasteiger partial charge in [0.1, 0.15) is 0 Å². The lowest BCUT2D eigenvalue weighted by Crippen LogP contribution is -2.04. The third-order valence-corrected chi connectivity index (χ3v) is 8.40. The van der Waals surface area contributed by atoms with E-state index in [4.69, 9.17) is 17.3 Å². The van der Waals surface area contributed by atoms with Crippen molar-refractivity contribution in [3.8, 4) is 11.4 Å². The first kappa shape index (κ1) is 34.8. The molecule has 0 aliphatic rings. The number of benzene rings is 2. The van der Waals surface area contributed by atoms with Crippen molar-refractivity contribution in [2.45, 2.75) is 13.1 Å². The Morgan fingerprint density at radius 2 is 1.20 bits per heavy atom. The van der Waals surface area contributed by atoms with Crippen molar-refractivity contribution in [3.63, 3.8) is 0 Å². The van der Waals surface area contributed by atoms with Crippen molar-refractivity contribution in [1.82, 2.24) is 79.5 Å². The van der Waals surface area contributed by atoms with Gasteiger partial charge < -0.3 is 11.1 Å². The van der Waals surface area contributed by atoms with Crippen LogP contribution in [0.5, 0.6) is 0 Å². The molecule has 10 aromatic rings. The molecule has 0 radical (unpaired) electrons. The Labute approximate surface area is 316 Å². The summed E-state index contributed by atoms with van der Waals surface area (Å²) in [6.45, 7) is 1.16. The molecule has 8 heterocycles. The summed E-state index contributed by atoms with van der Waals surface area (Å²) in [7, 11) is 3.76. The number of pyridine rings is 2. The SMILES string of the molecule is Clc1ncc2nnn(-c3ccc4ncccc4c3)c2n1.Cn1cc(CN)cn1.Cn1cc(CNc2ncc3nnn(-c4ccc5ncccc5c4)c3n2)cn1. The monoisotopic (exact) mass is 750 g/mol. The quantitative estimate of drug-likeness (QED) is 0.226. The van der Waals surface area contributed by atoms with E-state index in [1.165, 1.54) is 0 Å². The molecular weight excluding hydrogens is 720 g/mol. The molecule has 3 N–H and O–H groups in total. The van der Waals surface area contributed by atoms with E-state index in [1.807, 2.05) is 87.2 Å². The molecular formula is C36H31ClN18. The number of nitrogens with two attached hydrogens (primary N) is 1. The maximum atomic E-state index is 5.83. The van der Waals surface area contributed by atoms with E-state index in [-0.39, 0.29) is 5.28 Å². The summed E-state index contributed by atoms with van der Waals surface area (Å²) in [4.78, 5) is 25.6. The zero-order valence-electron chi connectivity index (χ0n) is 29.4. The first-order valence-corrected chi connectivity index (χ1v) is 17.2. The minimum Gasteiger partial charge on any atom is -0.350 e. The number of nitrogens with zero attached hydrogens (tertiary/aromatic N) is 16. The van der Waals surface area contributed by atoms with Gasteiger partial charge in [-0.2, -0.15) is 29.5 Å². The van der Waals surface area contributed by atoms with Crippen LogP contribution in [0.1, 0.15) is 11.1 Å². The number of halogens is 1. The smallest absolute Gasteiger partial charge is 0.225 e. The van der Waals surface area contributed by atoms with Crippen molar-refractivity contribution in [3.05, 3.63) is 127 Å². The molecule has 0 fully saturated rings. The minimum atomic E-state index is 0.170. The molecule has 2 aromatic carbocycles. The number of aromatic nitrogens is 16. The van der Waals surface area contributed by atoms with Crippen LogP contribution in [0, 0.1) is 0 Å².